The Morgan fingerprint density at radius 2 is 2.07 bits per heavy atom. The van der Waals surface area contributed by atoms with Crippen molar-refractivity contribution in [3.05, 3.63) is 65.2 Å². The minimum absolute atomic E-state index is 0.135. The number of ether oxygens (including phenoxy) is 1. The zero-order valence-corrected chi connectivity index (χ0v) is 17.9. The lowest BCUT2D eigenvalue weighted by atomic mass is 10.2. The molecule has 0 saturated carbocycles. The summed E-state index contributed by atoms with van der Waals surface area (Å²) in [7, 11) is 1.61. The number of allylic oxidation sites excluding steroid dienone is 1. The van der Waals surface area contributed by atoms with E-state index < -0.39 is 0 Å². The van der Waals surface area contributed by atoms with Crippen molar-refractivity contribution in [3.8, 4) is 17.1 Å². The summed E-state index contributed by atoms with van der Waals surface area (Å²) in [5.74, 6) is 1.30. The maximum atomic E-state index is 12.4. The molecule has 1 heterocycles. The van der Waals surface area contributed by atoms with Crippen molar-refractivity contribution in [1.29, 1.82) is 0 Å². The minimum Gasteiger partial charge on any atom is -0.497 e. The van der Waals surface area contributed by atoms with E-state index in [1.165, 1.54) is 11.8 Å². The second-order valence-corrected chi connectivity index (χ2v) is 7.60. The number of amides is 1. The molecule has 0 spiro atoms. The van der Waals surface area contributed by atoms with Crippen LogP contribution in [0.3, 0.4) is 0 Å². The Morgan fingerprint density at radius 3 is 2.83 bits per heavy atom. The summed E-state index contributed by atoms with van der Waals surface area (Å²) in [5, 5.41) is 12.6. The number of hydrogen-bond acceptors (Lipinski definition) is 5. The summed E-state index contributed by atoms with van der Waals surface area (Å²) in [5.41, 5.74) is 1.33. The highest BCUT2D eigenvalue weighted by Crippen LogP contribution is 2.30. The van der Waals surface area contributed by atoms with Crippen molar-refractivity contribution < 1.29 is 9.53 Å². The molecular weight excluding hydrogens is 431 g/mol. The summed E-state index contributed by atoms with van der Waals surface area (Å²) in [4.78, 5) is 12.4. The van der Waals surface area contributed by atoms with Gasteiger partial charge in [-0.05, 0) is 24.3 Å². The fraction of sp³-hybridized carbons (Fsp3) is 0.150. The first kappa shape index (κ1) is 21.2. The number of anilines is 1. The molecule has 1 N–H and O–H groups in total. The molecule has 0 atom stereocenters. The van der Waals surface area contributed by atoms with Gasteiger partial charge < -0.3 is 10.1 Å². The van der Waals surface area contributed by atoms with Crippen LogP contribution in [0.4, 0.5) is 5.69 Å². The Balaban J connectivity index is 1.75. The van der Waals surface area contributed by atoms with Gasteiger partial charge in [0, 0.05) is 12.1 Å². The summed E-state index contributed by atoms with van der Waals surface area (Å²) >= 11 is 13.4. The number of nitrogens with zero attached hydrogens (tertiary/aromatic N) is 3. The van der Waals surface area contributed by atoms with Crippen LogP contribution < -0.4 is 10.1 Å². The Morgan fingerprint density at radius 1 is 1.28 bits per heavy atom. The maximum Gasteiger partial charge on any atom is 0.234 e. The van der Waals surface area contributed by atoms with Crippen LogP contribution in [0.1, 0.15) is 0 Å². The van der Waals surface area contributed by atoms with E-state index in [1.807, 2.05) is 28.8 Å². The molecule has 3 aromatic rings. The fourth-order valence-electron chi connectivity index (χ4n) is 2.58. The van der Waals surface area contributed by atoms with Crippen molar-refractivity contribution in [2.75, 3.05) is 18.2 Å². The van der Waals surface area contributed by atoms with E-state index in [-0.39, 0.29) is 11.7 Å². The number of thioether (sulfide) groups is 1. The fourth-order valence-corrected chi connectivity index (χ4v) is 3.68. The van der Waals surface area contributed by atoms with E-state index in [0.717, 1.165) is 11.3 Å². The predicted octanol–water partition coefficient (Wildman–Crippen LogP) is 5.18. The van der Waals surface area contributed by atoms with Crippen molar-refractivity contribution in [2.45, 2.75) is 11.7 Å². The molecule has 0 fully saturated rings. The van der Waals surface area contributed by atoms with Gasteiger partial charge in [0.25, 0.3) is 0 Å². The van der Waals surface area contributed by atoms with Crippen LogP contribution >= 0.6 is 35.0 Å². The molecule has 29 heavy (non-hydrogen) atoms. The largest absolute Gasteiger partial charge is 0.497 e. The normalized spacial score (nSPS) is 10.6. The van der Waals surface area contributed by atoms with Gasteiger partial charge in [0.15, 0.2) is 11.0 Å². The molecular formula is C20H18Cl2N4O2S. The summed E-state index contributed by atoms with van der Waals surface area (Å²) in [6.45, 7) is 4.30. The van der Waals surface area contributed by atoms with Crippen LogP contribution in [0.2, 0.25) is 10.0 Å². The molecule has 0 aliphatic carbocycles. The molecule has 1 aromatic heterocycles. The molecule has 150 valence electrons. The number of methoxy groups -OCH3 is 1. The van der Waals surface area contributed by atoms with Gasteiger partial charge in [-0.15, -0.1) is 16.8 Å². The van der Waals surface area contributed by atoms with Gasteiger partial charge in [0.05, 0.1) is 28.6 Å². The number of aromatic nitrogens is 3. The molecule has 0 aliphatic heterocycles. The number of carbonyl (C=O) groups excluding carboxylic acids is 1. The third kappa shape index (κ3) is 5.12. The number of nitrogens with one attached hydrogen (secondary N) is 1. The number of carbonyl (C=O) groups is 1. The first-order chi connectivity index (χ1) is 14.0. The second-order valence-electron chi connectivity index (χ2n) is 5.88. The van der Waals surface area contributed by atoms with Crippen LogP contribution in [0.5, 0.6) is 5.75 Å². The topological polar surface area (TPSA) is 69.0 Å². The molecule has 1 amide bonds. The molecule has 0 saturated heterocycles. The van der Waals surface area contributed by atoms with Gasteiger partial charge in [-0.25, -0.2) is 0 Å². The maximum absolute atomic E-state index is 12.4. The van der Waals surface area contributed by atoms with Crippen molar-refractivity contribution in [3.63, 3.8) is 0 Å². The first-order valence-corrected chi connectivity index (χ1v) is 10.3. The van der Waals surface area contributed by atoms with Crippen molar-refractivity contribution in [1.82, 2.24) is 14.8 Å². The van der Waals surface area contributed by atoms with E-state index in [0.29, 0.717) is 33.3 Å². The first-order valence-electron chi connectivity index (χ1n) is 8.58. The predicted molar refractivity (Wildman–Crippen MR) is 118 cm³/mol. The Kier molecular flexibility index (Phi) is 7.19. The minimum atomic E-state index is -0.227. The standard InChI is InChI=1S/C20H18Cl2N4O2S/c1-3-10-26-19(13-6-4-7-14(11-13)28-2)24-25-20(26)29-12-17(27)23-16-9-5-8-15(21)18(16)22/h3-9,11H,1,10,12H2,2H3,(H,23,27). The lowest BCUT2D eigenvalue weighted by Crippen LogP contribution is -2.15. The Bertz CT molecular complexity index is 1040. The van der Waals surface area contributed by atoms with Gasteiger partial charge in [-0.1, -0.05) is 59.2 Å². The third-order valence-corrected chi connectivity index (χ3v) is 5.70. The van der Waals surface area contributed by atoms with E-state index in [9.17, 15) is 4.79 Å². The average molecular weight is 449 g/mol. The zero-order valence-electron chi connectivity index (χ0n) is 15.6. The van der Waals surface area contributed by atoms with Crippen LogP contribution in [-0.2, 0) is 11.3 Å². The van der Waals surface area contributed by atoms with Gasteiger partial charge in [-0.3, -0.25) is 9.36 Å². The van der Waals surface area contributed by atoms with E-state index in [2.05, 4.69) is 22.1 Å². The van der Waals surface area contributed by atoms with Crippen LogP contribution in [0, 0.1) is 0 Å². The molecule has 9 heteroatoms. The lowest BCUT2D eigenvalue weighted by Gasteiger charge is -2.10. The number of rotatable bonds is 8. The monoisotopic (exact) mass is 448 g/mol. The van der Waals surface area contributed by atoms with E-state index in [1.54, 1.807) is 31.4 Å². The average Bonchev–Trinajstić information content (AvgIpc) is 3.13. The molecule has 2 aromatic carbocycles. The second kappa shape index (κ2) is 9.82. The summed E-state index contributed by atoms with van der Waals surface area (Å²) < 4.78 is 7.18. The highest BCUT2D eigenvalue weighted by atomic mass is 35.5. The highest BCUT2D eigenvalue weighted by Gasteiger charge is 2.16. The molecule has 0 unspecified atom stereocenters. The molecule has 0 bridgehead atoms. The highest BCUT2D eigenvalue weighted by molar-refractivity contribution is 7.99. The zero-order chi connectivity index (χ0) is 20.8. The van der Waals surface area contributed by atoms with Crippen molar-refractivity contribution >= 4 is 46.6 Å². The Labute approximate surface area is 182 Å². The molecule has 0 aliphatic rings. The quantitative estimate of drug-likeness (QED) is 0.379. The number of hydrogen-bond donors (Lipinski definition) is 1. The van der Waals surface area contributed by atoms with Crippen molar-refractivity contribution in [2.24, 2.45) is 0 Å². The molecule has 0 radical (unpaired) electrons. The summed E-state index contributed by atoms with van der Waals surface area (Å²) in [6.07, 6.45) is 1.75. The molecule has 6 nitrogen and oxygen atoms in total. The van der Waals surface area contributed by atoms with Gasteiger partial charge in [-0.2, -0.15) is 0 Å². The lowest BCUT2D eigenvalue weighted by molar-refractivity contribution is -0.113. The molecule has 3 rings (SSSR count). The smallest absolute Gasteiger partial charge is 0.234 e. The summed E-state index contributed by atoms with van der Waals surface area (Å²) in [6, 6.07) is 12.6. The van der Waals surface area contributed by atoms with Crippen LogP contribution in [0.15, 0.2) is 60.3 Å². The van der Waals surface area contributed by atoms with E-state index in [4.69, 9.17) is 27.9 Å². The van der Waals surface area contributed by atoms with Gasteiger partial charge in [0.1, 0.15) is 5.75 Å². The third-order valence-electron chi connectivity index (χ3n) is 3.91. The van der Waals surface area contributed by atoms with Gasteiger partial charge >= 0.3 is 0 Å². The van der Waals surface area contributed by atoms with Gasteiger partial charge in [0.2, 0.25) is 5.91 Å². The Hall–Kier alpha value is -2.48. The number of halogens is 2. The van der Waals surface area contributed by atoms with E-state index >= 15 is 0 Å². The van der Waals surface area contributed by atoms with Crippen LogP contribution in [0.25, 0.3) is 11.4 Å². The SMILES string of the molecule is C=CCn1c(SCC(=O)Nc2cccc(Cl)c2Cl)nnc1-c1cccc(OC)c1. The van der Waals surface area contributed by atoms with Crippen LogP contribution in [-0.4, -0.2) is 33.5 Å². The number of benzene rings is 2.